The van der Waals surface area contributed by atoms with Gasteiger partial charge in [-0.15, -0.1) is 0 Å². The third kappa shape index (κ3) is 6.36. The number of ether oxygens (including phenoxy) is 4. The molecule has 0 aromatic heterocycles. The van der Waals surface area contributed by atoms with Gasteiger partial charge in [0.05, 0.1) is 13.2 Å². The highest BCUT2D eigenvalue weighted by Gasteiger charge is 2.42. The van der Waals surface area contributed by atoms with Gasteiger partial charge < -0.3 is 18.9 Å². The maximum absolute atomic E-state index is 14.8. The molecule has 38 heavy (non-hydrogen) atoms. The topological polar surface area (TPSA) is 36.9 Å². The van der Waals surface area contributed by atoms with Crippen LogP contribution in [0, 0.1) is 35.1 Å². The minimum atomic E-state index is -4.60. The van der Waals surface area contributed by atoms with Gasteiger partial charge in [0.25, 0.3) is 0 Å². The van der Waals surface area contributed by atoms with E-state index in [0.717, 1.165) is 25.0 Å². The maximum Gasteiger partial charge on any atom is 0.432 e. The highest BCUT2D eigenvalue weighted by Crippen LogP contribution is 2.42. The Morgan fingerprint density at radius 3 is 1.97 bits per heavy atom. The molecule has 210 valence electrons. The van der Waals surface area contributed by atoms with Gasteiger partial charge in [-0.3, -0.25) is 0 Å². The smallest absolute Gasteiger partial charge is 0.432 e. The van der Waals surface area contributed by atoms with Crippen LogP contribution in [-0.2, 0) is 15.6 Å². The molecule has 1 aliphatic carbocycles. The Bertz CT molecular complexity index is 1050. The summed E-state index contributed by atoms with van der Waals surface area (Å²) in [5.41, 5.74) is -1.46. The Labute approximate surface area is 216 Å². The van der Waals surface area contributed by atoms with Gasteiger partial charge in [0.1, 0.15) is 22.9 Å². The van der Waals surface area contributed by atoms with Crippen molar-refractivity contribution in [2.75, 3.05) is 20.1 Å². The average molecular weight is 551 g/mol. The third-order valence-corrected chi connectivity index (χ3v) is 7.09. The fraction of sp³-hybridized carbons (Fsp3) is 0.556. The maximum atomic E-state index is 14.8. The first-order chi connectivity index (χ1) is 18.1. The van der Waals surface area contributed by atoms with Gasteiger partial charge in [-0.2, -0.15) is 8.78 Å². The zero-order valence-electron chi connectivity index (χ0n) is 20.8. The highest BCUT2D eigenvalue weighted by molar-refractivity contribution is 5.36. The van der Waals surface area contributed by atoms with Crippen LogP contribution in [0.25, 0.3) is 0 Å². The highest BCUT2D eigenvalue weighted by atomic mass is 19.3. The lowest BCUT2D eigenvalue weighted by molar-refractivity contribution is -0.229. The van der Waals surface area contributed by atoms with Crippen molar-refractivity contribution in [1.82, 2.24) is 0 Å². The Balaban J connectivity index is 1.42. The molecule has 2 fully saturated rings. The van der Waals surface area contributed by atoms with Crippen molar-refractivity contribution in [3.05, 3.63) is 58.7 Å². The summed E-state index contributed by atoms with van der Waals surface area (Å²) in [6, 6.07) is 2.27. The van der Waals surface area contributed by atoms with E-state index in [0.29, 0.717) is 56.9 Å². The fourth-order valence-corrected chi connectivity index (χ4v) is 5.22. The van der Waals surface area contributed by atoms with E-state index in [1.807, 2.05) is 0 Å². The first kappa shape index (κ1) is 28.5. The van der Waals surface area contributed by atoms with Crippen LogP contribution in [0.15, 0.2) is 24.3 Å². The van der Waals surface area contributed by atoms with Gasteiger partial charge >= 0.3 is 6.11 Å². The minimum absolute atomic E-state index is 0.142. The van der Waals surface area contributed by atoms with E-state index in [1.54, 1.807) is 0 Å². The normalized spacial score (nSPS) is 24.3. The van der Waals surface area contributed by atoms with Gasteiger partial charge in [-0.25, -0.2) is 22.0 Å². The summed E-state index contributed by atoms with van der Waals surface area (Å²) in [6.45, 7) is 1.83. The van der Waals surface area contributed by atoms with Crippen molar-refractivity contribution in [3.8, 4) is 11.5 Å². The number of hydrogen-bond acceptors (Lipinski definition) is 4. The molecule has 4 rings (SSSR count). The lowest BCUT2D eigenvalue weighted by atomic mass is 9.78. The standard InChI is InChI=1S/C27H29F7O4/c1-2-3-15-12-35-26(36-13-15)17-6-4-16(5-7-17)18-8-20(29)24(21(30)9-18)27(33,34)38-19-10-22(31)25(37-14-28)23(32)11-19/h8-11,15-17,26H,2-7,12-14H2,1H3. The summed E-state index contributed by atoms with van der Waals surface area (Å²) >= 11 is 0. The molecular formula is C27H29F7O4. The Morgan fingerprint density at radius 1 is 0.868 bits per heavy atom. The number of rotatable bonds is 9. The minimum Gasteiger partial charge on any atom is -0.457 e. The molecule has 4 nitrogen and oxygen atoms in total. The van der Waals surface area contributed by atoms with E-state index in [1.165, 1.54) is 0 Å². The van der Waals surface area contributed by atoms with E-state index in [9.17, 15) is 30.7 Å². The van der Waals surface area contributed by atoms with E-state index >= 15 is 0 Å². The van der Waals surface area contributed by atoms with E-state index < -0.39 is 53.3 Å². The fourth-order valence-electron chi connectivity index (χ4n) is 5.22. The summed E-state index contributed by atoms with van der Waals surface area (Å²) in [5, 5.41) is 0. The molecule has 1 heterocycles. The molecule has 0 N–H and O–H groups in total. The molecule has 0 bridgehead atoms. The van der Waals surface area contributed by atoms with Crippen LogP contribution in [0.2, 0.25) is 0 Å². The van der Waals surface area contributed by atoms with Crippen LogP contribution in [-0.4, -0.2) is 26.4 Å². The predicted octanol–water partition coefficient (Wildman–Crippen LogP) is 7.74. The van der Waals surface area contributed by atoms with Crippen molar-refractivity contribution in [1.29, 1.82) is 0 Å². The van der Waals surface area contributed by atoms with Gasteiger partial charge in [-0.1, -0.05) is 13.3 Å². The summed E-state index contributed by atoms with van der Waals surface area (Å²) in [6.07, 6.45) is -0.300. The Morgan fingerprint density at radius 2 is 1.45 bits per heavy atom. The molecule has 1 saturated carbocycles. The van der Waals surface area contributed by atoms with Gasteiger partial charge in [0.2, 0.25) is 6.86 Å². The van der Waals surface area contributed by atoms with Crippen LogP contribution in [0.5, 0.6) is 11.5 Å². The molecule has 0 unspecified atom stereocenters. The second-order valence-electron chi connectivity index (χ2n) is 9.75. The molecule has 0 spiro atoms. The first-order valence-corrected chi connectivity index (χ1v) is 12.6. The zero-order valence-corrected chi connectivity index (χ0v) is 20.8. The van der Waals surface area contributed by atoms with Crippen LogP contribution >= 0.6 is 0 Å². The van der Waals surface area contributed by atoms with Crippen molar-refractivity contribution in [2.45, 2.75) is 63.8 Å². The molecule has 0 atom stereocenters. The molecular weight excluding hydrogens is 521 g/mol. The molecule has 2 aliphatic rings. The van der Waals surface area contributed by atoms with E-state index in [2.05, 4.69) is 16.4 Å². The molecule has 0 radical (unpaired) electrons. The number of benzene rings is 2. The monoisotopic (exact) mass is 550 g/mol. The zero-order chi connectivity index (χ0) is 27.4. The average Bonchev–Trinajstić information content (AvgIpc) is 2.86. The number of halogens is 7. The second-order valence-corrected chi connectivity index (χ2v) is 9.75. The number of alkyl halides is 3. The van der Waals surface area contributed by atoms with Crippen molar-refractivity contribution < 1.29 is 49.7 Å². The summed E-state index contributed by atoms with van der Waals surface area (Å²) < 4.78 is 119. The first-order valence-electron chi connectivity index (χ1n) is 12.6. The van der Waals surface area contributed by atoms with Gasteiger partial charge in [0, 0.05) is 24.0 Å². The van der Waals surface area contributed by atoms with Crippen LogP contribution < -0.4 is 9.47 Å². The molecule has 11 heteroatoms. The third-order valence-electron chi connectivity index (χ3n) is 7.09. The summed E-state index contributed by atoms with van der Waals surface area (Å²) in [4.78, 5) is 0. The SMILES string of the molecule is CCCC1COC(C2CCC(c3cc(F)c(C(F)(F)Oc4cc(F)c(OCF)c(F)c4)c(F)c3)CC2)OC1. The van der Waals surface area contributed by atoms with Crippen LogP contribution in [0.1, 0.15) is 62.5 Å². The lowest BCUT2D eigenvalue weighted by Crippen LogP contribution is -2.38. The van der Waals surface area contributed by atoms with Crippen molar-refractivity contribution in [3.63, 3.8) is 0 Å². The number of hydrogen-bond donors (Lipinski definition) is 0. The quantitative estimate of drug-likeness (QED) is 0.300. The van der Waals surface area contributed by atoms with Gasteiger partial charge in [0.15, 0.2) is 23.7 Å². The molecule has 1 aliphatic heterocycles. The summed E-state index contributed by atoms with van der Waals surface area (Å²) in [5.74, 6) is -8.07. The molecule has 1 saturated heterocycles. The van der Waals surface area contributed by atoms with Crippen molar-refractivity contribution >= 4 is 0 Å². The lowest BCUT2D eigenvalue weighted by Gasteiger charge is -2.37. The largest absolute Gasteiger partial charge is 0.457 e. The van der Waals surface area contributed by atoms with E-state index in [4.69, 9.17) is 9.47 Å². The van der Waals surface area contributed by atoms with E-state index in [-0.39, 0.29) is 23.7 Å². The molecule has 2 aromatic carbocycles. The molecule has 2 aromatic rings. The predicted molar refractivity (Wildman–Crippen MR) is 123 cm³/mol. The van der Waals surface area contributed by atoms with Gasteiger partial charge in [-0.05, 0) is 55.7 Å². The molecule has 0 amide bonds. The van der Waals surface area contributed by atoms with Crippen LogP contribution in [0.3, 0.4) is 0 Å². The van der Waals surface area contributed by atoms with Crippen LogP contribution in [0.4, 0.5) is 30.7 Å². The Kier molecular flexibility index (Phi) is 9.07. The second kappa shape index (κ2) is 12.1. The van der Waals surface area contributed by atoms with Crippen molar-refractivity contribution in [2.24, 2.45) is 11.8 Å². The Hall–Kier alpha value is -2.53. The summed E-state index contributed by atoms with van der Waals surface area (Å²) in [7, 11) is 0.